The van der Waals surface area contributed by atoms with E-state index in [-0.39, 0.29) is 0 Å². The summed E-state index contributed by atoms with van der Waals surface area (Å²) in [6.07, 6.45) is 6.43. The van der Waals surface area contributed by atoms with Gasteiger partial charge in [0.15, 0.2) is 0 Å². The van der Waals surface area contributed by atoms with Crippen molar-refractivity contribution in [3.8, 4) is 17.2 Å². The summed E-state index contributed by atoms with van der Waals surface area (Å²) in [5, 5.41) is 8.76. The van der Waals surface area contributed by atoms with Gasteiger partial charge in [-0.1, -0.05) is 12.1 Å². The van der Waals surface area contributed by atoms with Gasteiger partial charge in [-0.15, -0.1) is 0 Å². The second-order valence-corrected chi connectivity index (χ2v) is 4.47. The molecule has 1 heterocycles. The topological polar surface area (TPSA) is 36.7 Å². The van der Waals surface area contributed by atoms with Crippen LogP contribution in [-0.2, 0) is 0 Å². The van der Waals surface area contributed by atoms with E-state index in [0.717, 1.165) is 17.0 Å². The van der Waals surface area contributed by atoms with Gasteiger partial charge in [-0.3, -0.25) is 4.98 Å². The Morgan fingerprint density at radius 1 is 1.06 bits per heavy atom. The van der Waals surface area contributed by atoms with E-state index in [1.807, 2.05) is 36.7 Å². The second kappa shape index (κ2) is 4.03. The number of nitrogens with zero attached hydrogens (tertiary/aromatic N) is 2. The summed E-state index contributed by atoms with van der Waals surface area (Å²) in [5.74, 6) is 0.723. The van der Waals surface area contributed by atoms with E-state index in [2.05, 4.69) is 17.1 Å². The molecule has 82 valence electrons. The zero-order valence-electron chi connectivity index (χ0n) is 9.43. The molecule has 2 heteroatoms. The van der Waals surface area contributed by atoms with Crippen LogP contribution in [0.1, 0.15) is 29.9 Å². The Morgan fingerprint density at radius 2 is 1.82 bits per heavy atom. The van der Waals surface area contributed by atoms with Gasteiger partial charge < -0.3 is 0 Å². The molecule has 0 unspecified atom stereocenters. The fraction of sp³-hybridized carbons (Fsp3) is 0.200. The Bertz CT molecular complexity index is 575. The average Bonchev–Trinajstić information content (AvgIpc) is 3.23. The zero-order chi connectivity index (χ0) is 11.7. The van der Waals surface area contributed by atoms with E-state index < -0.39 is 0 Å². The Hall–Kier alpha value is -2.14. The molecule has 0 N–H and O–H groups in total. The van der Waals surface area contributed by atoms with E-state index >= 15 is 0 Å². The van der Waals surface area contributed by atoms with Crippen LogP contribution in [0.15, 0.2) is 42.7 Å². The van der Waals surface area contributed by atoms with Crippen molar-refractivity contribution >= 4 is 0 Å². The lowest BCUT2D eigenvalue weighted by molar-refractivity contribution is 1.09. The Labute approximate surface area is 101 Å². The lowest BCUT2D eigenvalue weighted by atomic mass is 10.0. The number of aromatic nitrogens is 1. The normalized spacial score (nSPS) is 14.3. The maximum atomic E-state index is 8.76. The van der Waals surface area contributed by atoms with Crippen LogP contribution in [0.3, 0.4) is 0 Å². The van der Waals surface area contributed by atoms with Crippen molar-refractivity contribution in [3.63, 3.8) is 0 Å². The predicted molar refractivity (Wildman–Crippen MR) is 66.4 cm³/mol. The molecule has 0 bridgehead atoms. The first-order valence-corrected chi connectivity index (χ1v) is 5.82. The lowest BCUT2D eigenvalue weighted by Gasteiger charge is -2.03. The standard InChI is InChI=1S/C15H12N2/c16-8-11-1-3-12(4-2-11)14-7-15(10-17-9-14)13-5-6-13/h1-4,7,9-10,13H,5-6H2. The molecule has 17 heavy (non-hydrogen) atoms. The van der Waals surface area contributed by atoms with Gasteiger partial charge in [0.2, 0.25) is 0 Å². The molecule has 0 saturated heterocycles. The fourth-order valence-corrected chi connectivity index (χ4v) is 1.99. The highest BCUT2D eigenvalue weighted by atomic mass is 14.6. The molecule has 0 spiro atoms. The quantitative estimate of drug-likeness (QED) is 0.776. The van der Waals surface area contributed by atoms with Gasteiger partial charge in [-0.25, -0.2) is 0 Å². The highest BCUT2D eigenvalue weighted by Crippen LogP contribution is 2.40. The van der Waals surface area contributed by atoms with E-state index in [0.29, 0.717) is 5.56 Å². The van der Waals surface area contributed by atoms with Crippen molar-refractivity contribution in [1.82, 2.24) is 4.98 Å². The van der Waals surface area contributed by atoms with E-state index in [9.17, 15) is 0 Å². The van der Waals surface area contributed by atoms with E-state index in [4.69, 9.17) is 5.26 Å². The van der Waals surface area contributed by atoms with Crippen LogP contribution in [0.5, 0.6) is 0 Å². The fourth-order valence-electron chi connectivity index (χ4n) is 1.99. The number of hydrogen-bond acceptors (Lipinski definition) is 2. The molecule has 3 rings (SSSR count). The molecule has 1 aliphatic rings. The highest BCUT2D eigenvalue weighted by molar-refractivity contribution is 5.64. The van der Waals surface area contributed by atoms with Gasteiger partial charge in [0.25, 0.3) is 0 Å². The number of pyridine rings is 1. The largest absolute Gasteiger partial charge is 0.264 e. The predicted octanol–water partition coefficient (Wildman–Crippen LogP) is 3.50. The summed E-state index contributed by atoms with van der Waals surface area (Å²) < 4.78 is 0. The van der Waals surface area contributed by atoms with Crippen molar-refractivity contribution < 1.29 is 0 Å². The first-order valence-electron chi connectivity index (χ1n) is 5.82. The van der Waals surface area contributed by atoms with Crippen LogP contribution in [0.25, 0.3) is 11.1 Å². The van der Waals surface area contributed by atoms with Crippen molar-refractivity contribution in [3.05, 3.63) is 53.9 Å². The maximum Gasteiger partial charge on any atom is 0.0991 e. The zero-order valence-corrected chi connectivity index (χ0v) is 9.43. The number of hydrogen-bond donors (Lipinski definition) is 0. The average molecular weight is 220 g/mol. The summed E-state index contributed by atoms with van der Waals surface area (Å²) in [6.45, 7) is 0. The first kappa shape index (κ1) is 10.0. The number of nitriles is 1. The maximum absolute atomic E-state index is 8.76. The van der Waals surface area contributed by atoms with Crippen LogP contribution in [-0.4, -0.2) is 4.98 Å². The third-order valence-electron chi connectivity index (χ3n) is 3.16. The molecule has 1 fully saturated rings. The van der Waals surface area contributed by atoms with Gasteiger partial charge in [0.1, 0.15) is 0 Å². The number of rotatable bonds is 2. The molecule has 1 saturated carbocycles. The van der Waals surface area contributed by atoms with Crippen LogP contribution >= 0.6 is 0 Å². The van der Waals surface area contributed by atoms with Gasteiger partial charge in [-0.05, 0) is 48.1 Å². The Kier molecular flexibility index (Phi) is 2.38. The van der Waals surface area contributed by atoms with E-state index in [1.54, 1.807) is 0 Å². The SMILES string of the molecule is N#Cc1ccc(-c2cncc(C3CC3)c2)cc1. The van der Waals surface area contributed by atoms with Crippen LogP contribution in [0.4, 0.5) is 0 Å². The molecular formula is C15H12N2. The molecule has 1 aliphatic carbocycles. The summed E-state index contributed by atoms with van der Waals surface area (Å²) >= 11 is 0. The van der Waals surface area contributed by atoms with Crippen LogP contribution < -0.4 is 0 Å². The summed E-state index contributed by atoms with van der Waals surface area (Å²) in [4.78, 5) is 4.30. The van der Waals surface area contributed by atoms with Crippen LogP contribution in [0, 0.1) is 11.3 Å². The lowest BCUT2D eigenvalue weighted by Crippen LogP contribution is -1.85. The van der Waals surface area contributed by atoms with Crippen LogP contribution in [0.2, 0.25) is 0 Å². The Balaban J connectivity index is 1.96. The molecule has 0 amide bonds. The monoisotopic (exact) mass is 220 g/mol. The highest BCUT2D eigenvalue weighted by Gasteiger charge is 2.23. The van der Waals surface area contributed by atoms with Crippen molar-refractivity contribution in [2.24, 2.45) is 0 Å². The molecule has 0 aliphatic heterocycles. The minimum absolute atomic E-state index is 0.694. The minimum atomic E-state index is 0.694. The van der Waals surface area contributed by atoms with E-state index in [1.165, 1.54) is 18.4 Å². The summed E-state index contributed by atoms with van der Waals surface area (Å²) in [7, 11) is 0. The number of benzene rings is 1. The van der Waals surface area contributed by atoms with Gasteiger partial charge in [0, 0.05) is 18.0 Å². The molecule has 2 aromatic rings. The first-order chi connectivity index (χ1) is 8.36. The molecule has 1 aromatic carbocycles. The second-order valence-electron chi connectivity index (χ2n) is 4.47. The van der Waals surface area contributed by atoms with Gasteiger partial charge >= 0.3 is 0 Å². The summed E-state index contributed by atoms with van der Waals surface area (Å²) in [5.41, 5.74) is 4.30. The smallest absolute Gasteiger partial charge is 0.0991 e. The molecule has 0 radical (unpaired) electrons. The van der Waals surface area contributed by atoms with Crippen molar-refractivity contribution in [1.29, 1.82) is 5.26 Å². The Morgan fingerprint density at radius 3 is 2.47 bits per heavy atom. The van der Waals surface area contributed by atoms with Gasteiger partial charge in [-0.2, -0.15) is 5.26 Å². The third kappa shape index (κ3) is 2.05. The molecular weight excluding hydrogens is 208 g/mol. The van der Waals surface area contributed by atoms with Crippen molar-refractivity contribution in [2.45, 2.75) is 18.8 Å². The minimum Gasteiger partial charge on any atom is -0.264 e. The van der Waals surface area contributed by atoms with Crippen molar-refractivity contribution in [2.75, 3.05) is 0 Å². The molecule has 2 nitrogen and oxygen atoms in total. The molecule has 0 atom stereocenters. The van der Waals surface area contributed by atoms with Gasteiger partial charge in [0.05, 0.1) is 11.6 Å². The third-order valence-corrected chi connectivity index (χ3v) is 3.16. The molecule has 1 aromatic heterocycles. The summed E-state index contributed by atoms with van der Waals surface area (Å²) in [6, 6.07) is 12.0.